The number of hydrogen-bond acceptors (Lipinski definition) is 3. The van der Waals surface area contributed by atoms with Gasteiger partial charge in [0.2, 0.25) is 11.8 Å². The third-order valence-electron chi connectivity index (χ3n) is 4.66. The van der Waals surface area contributed by atoms with Crippen LogP contribution in [0.3, 0.4) is 0 Å². The minimum absolute atomic E-state index is 0.00235. The summed E-state index contributed by atoms with van der Waals surface area (Å²) in [6, 6.07) is 6.12. The van der Waals surface area contributed by atoms with E-state index >= 15 is 0 Å². The molecule has 0 saturated carbocycles. The zero-order valence-corrected chi connectivity index (χ0v) is 13.8. The minimum atomic E-state index is -0.300. The monoisotopic (exact) mass is 333 g/mol. The molecule has 0 unspecified atom stereocenters. The lowest BCUT2D eigenvalue weighted by Gasteiger charge is -2.26. The van der Waals surface area contributed by atoms with Crippen molar-refractivity contribution in [3.8, 4) is 0 Å². The van der Waals surface area contributed by atoms with Crippen LogP contribution in [0.2, 0.25) is 0 Å². The maximum atomic E-state index is 13.2. The van der Waals surface area contributed by atoms with Crippen LogP contribution in [-0.2, 0) is 16.1 Å². The van der Waals surface area contributed by atoms with Gasteiger partial charge in [-0.05, 0) is 43.6 Å². The first-order chi connectivity index (χ1) is 11.6. The second-order valence-corrected chi connectivity index (χ2v) is 6.71. The van der Waals surface area contributed by atoms with E-state index < -0.39 is 0 Å². The van der Waals surface area contributed by atoms with E-state index in [9.17, 15) is 14.0 Å². The quantitative estimate of drug-likeness (QED) is 0.889. The van der Waals surface area contributed by atoms with Gasteiger partial charge in [-0.25, -0.2) is 4.39 Å². The van der Waals surface area contributed by atoms with Crippen molar-refractivity contribution in [3.05, 3.63) is 35.6 Å². The Bertz CT molecular complexity index is 602. The van der Waals surface area contributed by atoms with Crippen molar-refractivity contribution in [3.63, 3.8) is 0 Å². The van der Waals surface area contributed by atoms with E-state index in [1.54, 1.807) is 17.0 Å². The molecule has 1 atom stereocenters. The average molecular weight is 333 g/mol. The van der Waals surface area contributed by atoms with Crippen LogP contribution in [-0.4, -0.2) is 53.8 Å². The number of nitrogens with zero attached hydrogens (tertiary/aromatic N) is 2. The van der Waals surface area contributed by atoms with E-state index in [0.29, 0.717) is 26.1 Å². The highest BCUT2D eigenvalue weighted by atomic mass is 19.1. The van der Waals surface area contributed by atoms with E-state index in [2.05, 4.69) is 10.2 Å². The summed E-state index contributed by atoms with van der Waals surface area (Å²) in [7, 11) is 0. The molecule has 0 bridgehead atoms. The summed E-state index contributed by atoms with van der Waals surface area (Å²) in [4.78, 5) is 28.1. The second-order valence-electron chi connectivity index (χ2n) is 6.71. The number of halogens is 1. The van der Waals surface area contributed by atoms with Gasteiger partial charge < -0.3 is 10.2 Å². The Morgan fingerprint density at radius 1 is 1.25 bits per heavy atom. The van der Waals surface area contributed by atoms with Crippen molar-refractivity contribution >= 4 is 11.8 Å². The van der Waals surface area contributed by atoms with Gasteiger partial charge in [0.1, 0.15) is 5.82 Å². The molecule has 1 aromatic carbocycles. The molecular formula is C18H24FN3O2. The molecule has 2 fully saturated rings. The minimum Gasteiger partial charge on any atom is -0.350 e. The lowest BCUT2D eigenvalue weighted by atomic mass is 10.1. The van der Waals surface area contributed by atoms with Crippen LogP contribution in [0.4, 0.5) is 4.39 Å². The molecule has 0 spiro atoms. The summed E-state index contributed by atoms with van der Waals surface area (Å²) in [6.45, 7) is 3.23. The summed E-state index contributed by atoms with van der Waals surface area (Å²) in [6.07, 6.45) is 3.86. The van der Waals surface area contributed by atoms with Gasteiger partial charge in [-0.1, -0.05) is 18.6 Å². The molecule has 0 aliphatic carbocycles. The predicted octanol–water partition coefficient (Wildman–Crippen LogP) is 1.53. The number of carbonyl (C=O) groups excluding carboxylic acids is 2. The molecule has 2 heterocycles. The molecule has 5 nitrogen and oxygen atoms in total. The van der Waals surface area contributed by atoms with Crippen molar-refractivity contribution < 1.29 is 14.0 Å². The largest absolute Gasteiger partial charge is 0.350 e. The maximum Gasteiger partial charge on any atom is 0.234 e. The van der Waals surface area contributed by atoms with Gasteiger partial charge in [-0.15, -0.1) is 0 Å². The highest BCUT2D eigenvalue weighted by Gasteiger charge is 2.30. The van der Waals surface area contributed by atoms with Gasteiger partial charge in [0.05, 0.1) is 12.6 Å². The average Bonchev–Trinajstić information content (AvgIpc) is 2.87. The maximum absolute atomic E-state index is 13.2. The number of piperidine rings is 1. The van der Waals surface area contributed by atoms with E-state index in [1.165, 1.54) is 18.6 Å². The molecular weight excluding hydrogens is 309 g/mol. The molecule has 24 heavy (non-hydrogen) atoms. The number of amides is 2. The zero-order chi connectivity index (χ0) is 16.9. The second kappa shape index (κ2) is 7.75. The topological polar surface area (TPSA) is 52.7 Å². The summed E-state index contributed by atoms with van der Waals surface area (Å²) >= 11 is 0. The number of likely N-dealkylation sites (tertiary alicyclic amines) is 2. The molecule has 2 aliphatic rings. The van der Waals surface area contributed by atoms with E-state index in [0.717, 1.165) is 31.5 Å². The Hall–Kier alpha value is -1.95. The van der Waals surface area contributed by atoms with E-state index in [1.807, 2.05) is 0 Å². The first-order valence-corrected chi connectivity index (χ1v) is 8.64. The molecule has 6 heteroatoms. The van der Waals surface area contributed by atoms with Gasteiger partial charge in [0, 0.05) is 19.5 Å². The summed E-state index contributed by atoms with van der Waals surface area (Å²) in [5.74, 6) is -0.310. The molecule has 1 aromatic rings. The van der Waals surface area contributed by atoms with Crippen LogP contribution in [0.15, 0.2) is 24.3 Å². The number of nitrogens with one attached hydrogen (secondary N) is 1. The smallest absolute Gasteiger partial charge is 0.234 e. The Kier molecular flexibility index (Phi) is 5.45. The zero-order valence-electron chi connectivity index (χ0n) is 13.8. The molecule has 0 radical (unpaired) electrons. The van der Waals surface area contributed by atoms with Gasteiger partial charge in [0.15, 0.2) is 0 Å². The lowest BCUT2D eigenvalue weighted by molar-refractivity contribution is -0.128. The fraction of sp³-hybridized carbons (Fsp3) is 0.556. The predicted molar refractivity (Wildman–Crippen MR) is 88.7 cm³/mol. The van der Waals surface area contributed by atoms with Crippen molar-refractivity contribution in [1.29, 1.82) is 0 Å². The number of carbonyl (C=O) groups is 2. The van der Waals surface area contributed by atoms with Crippen molar-refractivity contribution in [1.82, 2.24) is 15.1 Å². The Labute approximate surface area is 141 Å². The van der Waals surface area contributed by atoms with E-state index in [-0.39, 0.29) is 23.7 Å². The van der Waals surface area contributed by atoms with Crippen LogP contribution < -0.4 is 5.32 Å². The van der Waals surface area contributed by atoms with Crippen molar-refractivity contribution in [2.75, 3.05) is 26.2 Å². The highest BCUT2D eigenvalue weighted by Crippen LogP contribution is 2.16. The normalized spacial score (nSPS) is 22.0. The summed E-state index contributed by atoms with van der Waals surface area (Å²) < 4.78 is 13.2. The first-order valence-electron chi connectivity index (χ1n) is 8.64. The molecule has 3 rings (SSSR count). The van der Waals surface area contributed by atoms with Crippen LogP contribution in [0.5, 0.6) is 0 Å². The van der Waals surface area contributed by atoms with Crippen LogP contribution in [0.25, 0.3) is 0 Å². The fourth-order valence-electron chi connectivity index (χ4n) is 3.47. The van der Waals surface area contributed by atoms with Crippen molar-refractivity contribution in [2.45, 2.75) is 38.3 Å². The van der Waals surface area contributed by atoms with Gasteiger partial charge in [-0.2, -0.15) is 0 Å². The first kappa shape index (κ1) is 16.9. The summed E-state index contributed by atoms with van der Waals surface area (Å²) in [5.41, 5.74) is 0.767. The number of hydrogen-bond donors (Lipinski definition) is 1. The molecule has 130 valence electrons. The molecule has 2 aliphatic heterocycles. The molecule has 2 amide bonds. The Balaban J connectivity index is 1.48. The molecule has 2 saturated heterocycles. The third kappa shape index (κ3) is 4.54. The van der Waals surface area contributed by atoms with Crippen LogP contribution in [0.1, 0.15) is 31.2 Å². The highest BCUT2D eigenvalue weighted by molar-refractivity contribution is 5.83. The van der Waals surface area contributed by atoms with E-state index in [4.69, 9.17) is 0 Å². The molecule has 1 N–H and O–H groups in total. The lowest BCUT2D eigenvalue weighted by Crippen LogP contribution is -2.44. The number of rotatable bonds is 5. The Morgan fingerprint density at radius 3 is 2.79 bits per heavy atom. The van der Waals surface area contributed by atoms with Gasteiger partial charge in [0.25, 0.3) is 0 Å². The third-order valence-corrected chi connectivity index (χ3v) is 4.66. The number of benzene rings is 1. The summed E-state index contributed by atoms with van der Waals surface area (Å²) in [5, 5.41) is 2.97. The SMILES string of the molecule is O=C(CN1CCCCC1)N[C@@H]1CC(=O)N(Cc2cccc(F)c2)C1. The standard InChI is InChI=1S/C18H24FN3O2/c19-15-6-4-5-14(9-15)11-22-12-16(10-18(22)24)20-17(23)13-21-7-2-1-3-8-21/h4-6,9,16H,1-3,7-8,10-13H2,(H,20,23)/t16-/m1/s1. The van der Waals surface area contributed by atoms with Crippen molar-refractivity contribution in [2.24, 2.45) is 0 Å². The molecule has 0 aromatic heterocycles. The van der Waals surface area contributed by atoms with Gasteiger partial charge in [-0.3, -0.25) is 14.5 Å². The van der Waals surface area contributed by atoms with Crippen LogP contribution >= 0.6 is 0 Å². The van der Waals surface area contributed by atoms with Gasteiger partial charge >= 0.3 is 0 Å². The Morgan fingerprint density at radius 2 is 2.04 bits per heavy atom. The fourth-order valence-corrected chi connectivity index (χ4v) is 3.47. The van der Waals surface area contributed by atoms with Crippen LogP contribution in [0, 0.1) is 5.82 Å².